The minimum Gasteiger partial charge on any atom is -0.338 e. The molecular formula is C18H15Cl3N4O2. The summed E-state index contributed by atoms with van der Waals surface area (Å²) in [6.07, 6.45) is 0. The van der Waals surface area contributed by atoms with E-state index in [0.717, 1.165) is 5.56 Å². The van der Waals surface area contributed by atoms with Crippen LogP contribution in [0.15, 0.2) is 47.0 Å². The van der Waals surface area contributed by atoms with Crippen LogP contribution in [0.3, 0.4) is 0 Å². The smallest absolute Gasteiger partial charge is 0.241 e. The van der Waals surface area contributed by atoms with Gasteiger partial charge in [0, 0.05) is 16.3 Å². The number of likely N-dealkylation sites (N-methyl/N-ethyl adjacent to an activating group) is 1. The maximum atomic E-state index is 12.2. The Kier molecular flexibility index (Phi) is 6.34. The Bertz CT molecular complexity index is 944. The predicted molar refractivity (Wildman–Crippen MR) is 106 cm³/mol. The predicted octanol–water partition coefficient (Wildman–Crippen LogP) is 4.77. The van der Waals surface area contributed by atoms with Crippen molar-refractivity contribution in [3.8, 4) is 11.4 Å². The molecule has 9 heteroatoms. The Balaban J connectivity index is 1.55. The SMILES string of the molecule is CN(CC(=O)Nc1ccc(Cl)c(Cl)c1)Cc1nc(-c2ccc(Cl)cc2)no1. The van der Waals surface area contributed by atoms with Crippen molar-refractivity contribution in [1.82, 2.24) is 15.0 Å². The minimum absolute atomic E-state index is 0.138. The molecule has 0 aliphatic rings. The molecule has 3 aromatic rings. The van der Waals surface area contributed by atoms with Crippen LogP contribution in [-0.4, -0.2) is 34.5 Å². The summed E-state index contributed by atoms with van der Waals surface area (Å²) in [6, 6.07) is 12.0. The first-order chi connectivity index (χ1) is 12.9. The van der Waals surface area contributed by atoms with E-state index in [-0.39, 0.29) is 12.5 Å². The molecule has 27 heavy (non-hydrogen) atoms. The fraction of sp³-hybridized carbons (Fsp3) is 0.167. The number of benzene rings is 2. The molecule has 0 saturated carbocycles. The van der Waals surface area contributed by atoms with E-state index in [2.05, 4.69) is 15.5 Å². The Hall–Kier alpha value is -2.12. The molecule has 0 bridgehead atoms. The summed E-state index contributed by atoms with van der Waals surface area (Å²) >= 11 is 17.7. The van der Waals surface area contributed by atoms with E-state index in [1.807, 2.05) is 12.1 Å². The van der Waals surface area contributed by atoms with Gasteiger partial charge in [0.05, 0.1) is 23.1 Å². The van der Waals surface area contributed by atoms with Crippen LogP contribution < -0.4 is 5.32 Å². The molecule has 1 aromatic heterocycles. The van der Waals surface area contributed by atoms with Crippen molar-refractivity contribution in [3.63, 3.8) is 0 Å². The molecule has 0 fully saturated rings. The Morgan fingerprint density at radius 2 is 1.85 bits per heavy atom. The van der Waals surface area contributed by atoms with E-state index in [9.17, 15) is 4.79 Å². The summed E-state index contributed by atoms with van der Waals surface area (Å²) in [5.74, 6) is 0.674. The maximum Gasteiger partial charge on any atom is 0.241 e. The number of rotatable bonds is 6. The average Bonchev–Trinajstić information content (AvgIpc) is 3.07. The first-order valence-electron chi connectivity index (χ1n) is 7.92. The number of anilines is 1. The first kappa shape index (κ1) is 19.6. The van der Waals surface area contributed by atoms with Gasteiger partial charge in [0.15, 0.2) is 0 Å². The van der Waals surface area contributed by atoms with Crippen LogP contribution in [-0.2, 0) is 11.3 Å². The largest absolute Gasteiger partial charge is 0.338 e. The highest BCUT2D eigenvalue weighted by atomic mass is 35.5. The zero-order valence-corrected chi connectivity index (χ0v) is 16.5. The maximum absolute atomic E-state index is 12.2. The highest BCUT2D eigenvalue weighted by molar-refractivity contribution is 6.42. The fourth-order valence-electron chi connectivity index (χ4n) is 2.34. The molecule has 0 saturated heterocycles. The van der Waals surface area contributed by atoms with Gasteiger partial charge < -0.3 is 9.84 Å². The summed E-state index contributed by atoms with van der Waals surface area (Å²) in [7, 11) is 1.78. The monoisotopic (exact) mass is 424 g/mol. The van der Waals surface area contributed by atoms with Crippen LogP contribution in [0.5, 0.6) is 0 Å². The van der Waals surface area contributed by atoms with Gasteiger partial charge in [-0.3, -0.25) is 9.69 Å². The molecule has 0 spiro atoms. The number of hydrogen-bond acceptors (Lipinski definition) is 5. The van der Waals surface area contributed by atoms with Crippen molar-refractivity contribution in [1.29, 1.82) is 0 Å². The lowest BCUT2D eigenvalue weighted by Crippen LogP contribution is -2.29. The number of hydrogen-bond donors (Lipinski definition) is 1. The third kappa shape index (κ3) is 5.43. The van der Waals surface area contributed by atoms with E-state index < -0.39 is 0 Å². The number of carbonyl (C=O) groups excluding carboxylic acids is 1. The minimum atomic E-state index is -0.201. The van der Waals surface area contributed by atoms with Crippen molar-refractivity contribution < 1.29 is 9.32 Å². The highest BCUT2D eigenvalue weighted by Crippen LogP contribution is 2.25. The van der Waals surface area contributed by atoms with Gasteiger partial charge in [-0.1, -0.05) is 40.0 Å². The van der Waals surface area contributed by atoms with Gasteiger partial charge >= 0.3 is 0 Å². The molecular weight excluding hydrogens is 411 g/mol. The zero-order valence-electron chi connectivity index (χ0n) is 14.2. The number of carbonyl (C=O) groups is 1. The second kappa shape index (κ2) is 8.71. The molecule has 0 unspecified atom stereocenters. The lowest BCUT2D eigenvalue weighted by molar-refractivity contribution is -0.117. The van der Waals surface area contributed by atoms with Crippen LogP contribution in [0.1, 0.15) is 5.89 Å². The molecule has 0 atom stereocenters. The number of halogens is 3. The number of aromatic nitrogens is 2. The molecule has 0 radical (unpaired) electrons. The molecule has 2 aromatic carbocycles. The number of amides is 1. The normalized spacial score (nSPS) is 11.0. The summed E-state index contributed by atoms with van der Waals surface area (Å²) in [6.45, 7) is 0.467. The standard InChI is InChI=1S/C18H15Cl3N4O2/c1-25(9-16(26)22-13-6-7-14(20)15(21)8-13)10-17-23-18(24-27-17)11-2-4-12(19)5-3-11/h2-8H,9-10H2,1H3,(H,22,26). The fourth-order valence-corrected chi connectivity index (χ4v) is 2.77. The van der Waals surface area contributed by atoms with E-state index >= 15 is 0 Å². The average molecular weight is 426 g/mol. The van der Waals surface area contributed by atoms with Gasteiger partial charge in [0.1, 0.15) is 0 Å². The molecule has 3 rings (SSSR count). The van der Waals surface area contributed by atoms with E-state index in [1.54, 1.807) is 42.3 Å². The van der Waals surface area contributed by atoms with E-state index in [0.29, 0.717) is 39.0 Å². The second-order valence-electron chi connectivity index (χ2n) is 5.87. The van der Waals surface area contributed by atoms with Crippen molar-refractivity contribution in [2.24, 2.45) is 0 Å². The van der Waals surface area contributed by atoms with Crippen molar-refractivity contribution in [2.75, 3.05) is 18.9 Å². The molecule has 1 N–H and O–H groups in total. The Labute approximate surface area is 171 Å². The third-order valence-electron chi connectivity index (χ3n) is 3.59. The molecule has 0 aliphatic carbocycles. The first-order valence-corrected chi connectivity index (χ1v) is 9.06. The molecule has 0 aliphatic heterocycles. The number of nitrogens with zero attached hydrogens (tertiary/aromatic N) is 3. The highest BCUT2D eigenvalue weighted by Gasteiger charge is 2.13. The molecule has 1 amide bonds. The van der Waals surface area contributed by atoms with Crippen LogP contribution in [0, 0.1) is 0 Å². The summed E-state index contributed by atoms with van der Waals surface area (Å²) in [5, 5.41) is 8.15. The lowest BCUT2D eigenvalue weighted by atomic mass is 10.2. The lowest BCUT2D eigenvalue weighted by Gasteiger charge is -2.14. The second-order valence-corrected chi connectivity index (χ2v) is 7.12. The topological polar surface area (TPSA) is 71.3 Å². The van der Waals surface area contributed by atoms with Gasteiger partial charge in [0.2, 0.25) is 17.6 Å². The van der Waals surface area contributed by atoms with Crippen molar-refractivity contribution >= 4 is 46.4 Å². The Morgan fingerprint density at radius 1 is 1.11 bits per heavy atom. The van der Waals surface area contributed by atoms with E-state index in [4.69, 9.17) is 39.3 Å². The number of nitrogens with one attached hydrogen (secondary N) is 1. The molecule has 6 nitrogen and oxygen atoms in total. The van der Waals surface area contributed by atoms with Crippen LogP contribution in [0.4, 0.5) is 5.69 Å². The van der Waals surface area contributed by atoms with Gasteiger partial charge in [-0.05, 0) is 49.5 Å². The molecule has 140 valence electrons. The van der Waals surface area contributed by atoms with Gasteiger partial charge in [-0.2, -0.15) is 4.98 Å². The molecule has 1 heterocycles. The van der Waals surface area contributed by atoms with Gasteiger partial charge in [-0.15, -0.1) is 0 Å². The van der Waals surface area contributed by atoms with Gasteiger partial charge in [-0.25, -0.2) is 0 Å². The van der Waals surface area contributed by atoms with Crippen LogP contribution >= 0.6 is 34.8 Å². The van der Waals surface area contributed by atoms with Crippen molar-refractivity contribution in [2.45, 2.75) is 6.54 Å². The van der Waals surface area contributed by atoms with E-state index in [1.165, 1.54) is 0 Å². The summed E-state index contributed by atoms with van der Waals surface area (Å²) < 4.78 is 5.25. The van der Waals surface area contributed by atoms with Crippen LogP contribution in [0.2, 0.25) is 15.1 Å². The Morgan fingerprint density at radius 3 is 2.56 bits per heavy atom. The summed E-state index contributed by atoms with van der Waals surface area (Å²) in [5.41, 5.74) is 1.38. The summed E-state index contributed by atoms with van der Waals surface area (Å²) in [4.78, 5) is 18.3. The van der Waals surface area contributed by atoms with Gasteiger partial charge in [0.25, 0.3) is 0 Å². The van der Waals surface area contributed by atoms with Crippen molar-refractivity contribution in [3.05, 3.63) is 63.4 Å². The van der Waals surface area contributed by atoms with Crippen LogP contribution in [0.25, 0.3) is 11.4 Å². The zero-order chi connectivity index (χ0) is 19.4. The quantitative estimate of drug-likeness (QED) is 0.616. The third-order valence-corrected chi connectivity index (χ3v) is 4.58.